The third kappa shape index (κ3) is 2.81. The molecule has 1 amide bonds. The van der Waals surface area contributed by atoms with Gasteiger partial charge in [0.05, 0.1) is 13.1 Å². The SMILES string of the molecule is CC(C)(C(=O)N1CCOc2c(C#N)cncc2C1)C1CC(F)(F)C1. The highest BCUT2D eigenvalue weighted by Gasteiger charge is 2.54. The van der Waals surface area contributed by atoms with Crippen molar-refractivity contribution in [2.75, 3.05) is 13.2 Å². The van der Waals surface area contributed by atoms with Crippen LogP contribution in [0.3, 0.4) is 0 Å². The molecule has 0 N–H and O–H groups in total. The quantitative estimate of drug-likeness (QED) is 0.833. The minimum absolute atomic E-state index is 0.165. The molecule has 0 aromatic carbocycles. The van der Waals surface area contributed by atoms with Crippen molar-refractivity contribution in [2.45, 2.75) is 39.2 Å². The molecule has 3 rings (SSSR count). The van der Waals surface area contributed by atoms with Crippen LogP contribution in [0.2, 0.25) is 0 Å². The van der Waals surface area contributed by atoms with Gasteiger partial charge in [0, 0.05) is 36.2 Å². The zero-order chi connectivity index (χ0) is 17.5. The summed E-state index contributed by atoms with van der Waals surface area (Å²) in [6.45, 7) is 4.33. The zero-order valence-corrected chi connectivity index (χ0v) is 13.7. The molecule has 0 unspecified atom stereocenters. The van der Waals surface area contributed by atoms with Crippen molar-refractivity contribution in [1.29, 1.82) is 5.26 Å². The largest absolute Gasteiger partial charge is 0.490 e. The van der Waals surface area contributed by atoms with Crippen LogP contribution in [0.25, 0.3) is 0 Å². The van der Waals surface area contributed by atoms with E-state index in [2.05, 4.69) is 4.98 Å². The first-order valence-electron chi connectivity index (χ1n) is 7.91. The number of pyridine rings is 1. The fraction of sp³-hybridized carbons (Fsp3) is 0.588. The van der Waals surface area contributed by atoms with Crippen LogP contribution in [0.15, 0.2) is 12.4 Å². The Hall–Kier alpha value is -2.23. The Balaban J connectivity index is 1.80. The molecule has 1 aromatic rings. The van der Waals surface area contributed by atoms with Crippen molar-refractivity contribution in [3.63, 3.8) is 0 Å². The number of rotatable bonds is 2. The van der Waals surface area contributed by atoms with E-state index < -0.39 is 11.3 Å². The number of amides is 1. The summed E-state index contributed by atoms with van der Waals surface area (Å²) in [6.07, 6.45) is 2.52. The number of ether oxygens (including phenoxy) is 1. The van der Waals surface area contributed by atoms with Crippen LogP contribution < -0.4 is 4.74 Å². The van der Waals surface area contributed by atoms with E-state index in [9.17, 15) is 13.6 Å². The predicted octanol–water partition coefficient (Wildman–Crippen LogP) is 2.75. The predicted molar refractivity (Wildman–Crippen MR) is 81.3 cm³/mol. The van der Waals surface area contributed by atoms with Gasteiger partial charge in [-0.15, -0.1) is 0 Å². The summed E-state index contributed by atoms with van der Waals surface area (Å²) in [5.41, 5.74) is 0.140. The number of alkyl halides is 2. The van der Waals surface area contributed by atoms with Gasteiger partial charge in [0.1, 0.15) is 24.0 Å². The van der Waals surface area contributed by atoms with E-state index in [0.29, 0.717) is 23.4 Å². The minimum atomic E-state index is -2.65. The van der Waals surface area contributed by atoms with Crippen molar-refractivity contribution in [3.05, 3.63) is 23.5 Å². The molecule has 1 aliphatic carbocycles. The van der Waals surface area contributed by atoms with Gasteiger partial charge < -0.3 is 9.64 Å². The average Bonchev–Trinajstić information content (AvgIpc) is 2.73. The summed E-state index contributed by atoms with van der Waals surface area (Å²) < 4.78 is 32.0. The van der Waals surface area contributed by atoms with Gasteiger partial charge in [0.25, 0.3) is 0 Å². The molecule has 128 valence electrons. The molecule has 0 spiro atoms. The lowest BCUT2D eigenvalue weighted by Gasteiger charge is -2.45. The number of hydrogen-bond donors (Lipinski definition) is 0. The van der Waals surface area contributed by atoms with Crippen LogP contribution in [0.1, 0.15) is 37.8 Å². The monoisotopic (exact) mass is 335 g/mol. The van der Waals surface area contributed by atoms with E-state index in [1.54, 1.807) is 24.9 Å². The van der Waals surface area contributed by atoms with Gasteiger partial charge in [-0.3, -0.25) is 9.78 Å². The Morgan fingerprint density at radius 1 is 1.46 bits per heavy atom. The molecule has 0 radical (unpaired) electrons. The Bertz CT molecular complexity index is 704. The van der Waals surface area contributed by atoms with E-state index >= 15 is 0 Å². The zero-order valence-electron chi connectivity index (χ0n) is 13.7. The molecule has 1 fully saturated rings. The van der Waals surface area contributed by atoms with Gasteiger partial charge in [0.15, 0.2) is 0 Å². The van der Waals surface area contributed by atoms with Crippen LogP contribution in [-0.2, 0) is 11.3 Å². The second kappa shape index (κ2) is 5.69. The fourth-order valence-corrected chi connectivity index (χ4v) is 3.32. The van der Waals surface area contributed by atoms with Gasteiger partial charge in [-0.05, 0) is 5.92 Å². The number of halogens is 2. The Labute approximate surface area is 139 Å². The van der Waals surface area contributed by atoms with E-state index in [-0.39, 0.29) is 37.8 Å². The van der Waals surface area contributed by atoms with E-state index in [1.165, 1.54) is 6.20 Å². The van der Waals surface area contributed by atoms with Crippen molar-refractivity contribution in [2.24, 2.45) is 11.3 Å². The highest BCUT2D eigenvalue weighted by atomic mass is 19.3. The second-order valence-corrected chi connectivity index (χ2v) is 7.05. The summed E-state index contributed by atoms with van der Waals surface area (Å²) in [5, 5.41) is 9.13. The van der Waals surface area contributed by atoms with Gasteiger partial charge in [-0.2, -0.15) is 5.26 Å². The molecule has 7 heteroatoms. The third-order valence-corrected chi connectivity index (χ3v) is 5.01. The molecule has 24 heavy (non-hydrogen) atoms. The highest BCUT2D eigenvalue weighted by Crippen LogP contribution is 2.51. The first-order valence-corrected chi connectivity index (χ1v) is 7.91. The molecular formula is C17H19F2N3O2. The second-order valence-electron chi connectivity index (χ2n) is 7.05. The molecule has 2 heterocycles. The maximum Gasteiger partial charge on any atom is 0.248 e. The summed E-state index contributed by atoms with van der Waals surface area (Å²) in [6, 6.07) is 2.03. The molecule has 1 aromatic heterocycles. The van der Waals surface area contributed by atoms with E-state index in [0.717, 1.165) is 0 Å². The van der Waals surface area contributed by atoms with Gasteiger partial charge in [-0.1, -0.05) is 13.8 Å². The normalized spacial score (nSPS) is 20.2. The molecule has 5 nitrogen and oxygen atoms in total. The molecule has 1 aliphatic heterocycles. The topological polar surface area (TPSA) is 66.2 Å². The standard InChI is InChI=1S/C17H19F2N3O2/c1-16(2,13-5-17(18,19)6-13)15(23)22-3-4-24-14-11(7-20)8-21-9-12(14)10-22/h8-9,13H,3-6,10H2,1-2H3. The summed E-state index contributed by atoms with van der Waals surface area (Å²) in [5.74, 6) is -2.69. The lowest BCUT2D eigenvalue weighted by Crippen LogP contribution is -2.51. The average molecular weight is 335 g/mol. The number of nitrogens with zero attached hydrogens (tertiary/aromatic N) is 3. The molecule has 0 saturated heterocycles. The Morgan fingerprint density at radius 2 is 2.17 bits per heavy atom. The first-order chi connectivity index (χ1) is 11.2. The van der Waals surface area contributed by atoms with Gasteiger partial charge >= 0.3 is 0 Å². The summed E-state index contributed by atoms with van der Waals surface area (Å²) in [4.78, 5) is 18.5. The molecule has 2 aliphatic rings. The van der Waals surface area contributed by atoms with E-state index in [1.807, 2.05) is 6.07 Å². The minimum Gasteiger partial charge on any atom is -0.490 e. The number of aromatic nitrogens is 1. The molecule has 1 saturated carbocycles. The van der Waals surface area contributed by atoms with Gasteiger partial charge in [0.2, 0.25) is 11.8 Å². The van der Waals surface area contributed by atoms with E-state index in [4.69, 9.17) is 10.00 Å². The Morgan fingerprint density at radius 3 is 2.79 bits per heavy atom. The number of hydrogen-bond acceptors (Lipinski definition) is 4. The summed E-state index contributed by atoms with van der Waals surface area (Å²) in [7, 11) is 0. The van der Waals surface area contributed by atoms with Gasteiger partial charge in [-0.25, -0.2) is 8.78 Å². The molecule has 0 bridgehead atoms. The van der Waals surface area contributed by atoms with Crippen LogP contribution >= 0.6 is 0 Å². The summed E-state index contributed by atoms with van der Waals surface area (Å²) >= 11 is 0. The van der Waals surface area contributed by atoms with Crippen LogP contribution in [0.4, 0.5) is 8.78 Å². The third-order valence-electron chi connectivity index (χ3n) is 5.01. The number of nitriles is 1. The van der Waals surface area contributed by atoms with Crippen molar-refractivity contribution in [1.82, 2.24) is 9.88 Å². The van der Waals surface area contributed by atoms with Crippen molar-refractivity contribution >= 4 is 5.91 Å². The highest BCUT2D eigenvalue weighted by molar-refractivity contribution is 5.82. The number of carbonyl (C=O) groups excluding carboxylic acids is 1. The smallest absolute Gasteiger partial charge is 0.248 e. The van der Waals surface area contributed by atoms with Crippen LogP contribution in [0.5, 0.6) is 5.75 Å². The van der Waals surface area contributed by atoms with Crippen molar-refractivity contribution in [3.8, 4) is 11.8 Å². The van der Waals surface area contributed by atoms with Crippen LogP contribution in [-0.4, -0.2) is 34.9 Å². The Kier molecular flexibility index (Phi) is 3.94. The fourth-order valence-electron chi connectivity index (χ4n) is 3.32. The number of carbonyl (C=O) groups is 1. The molecular weight excluding hydrogens is 316 g/mol. The molecule has 0 atom stereocenters. The lowest BCUT2D eigenvalue weighted by atomic mass is 9.64. The first kappa shape index (κ1) is 16.6. The number of fused-ring (bicyclic) bond motifs is 1. The maximum atomic E-state index is 13.2. The van der Waals surface area contributed by atoms with Crippen molar-refractivity contribution < 1.29 is 18.3 Å². The lowest BCUT2D eigenvalue weighted by molar-refractivity contribution is -0.167. The maximum absolute atomic E-state index is 13.2. The van der Waals surface area contributed by atoms with Crippen LogP contribution in [0, 0.1) is 22.7 Å².